The molecule has 0 fully saturated rings. The van der Waals surface area contributed by atoms with E-state index in [-0.39, 0.29) is 37.9 Å². The quantitative estimate of drug-likeness (QED) is 0.109. The van der Waals surface area contributed by atoms with E-state index in [1.165, 1.54) is 12.1 Å². The van der Waals surface area contributed by atoms with Crippen LogP contribution >= 0.6 is 0 Å². The van der Waals surface area contributed by atoms with Crippen LogP contribution < -0.4 is 27.4 Å². The lowest BCUT2D eigenvalue weighted by atomic mass is 10.0. The number of unbranched alkanes of at least 4 members (excludes halogenated alkanes) is 1. The normalized spacial score (nSPS) is 13.7. The predicted octanol–water partition coefficient (Wildman–Crippen LogP) is 0.0375. The standard InChI is InChI=1S/C29H39N5O8/c30-15-5-4-8-22(29(41)42)32-27(39)24(17-19-9-11-20(35)12-10-19)34-28(40)23(16-18-6-2-1-3-7-18)33-26(38)21(31)13-14-25(36)37/h1-3,6-7,9-12,21-24,35H,4-5,8,13-17,30-31H2,(H,32,39)(H,33,38)(H,34,40)(H,36,37)(H,41,42). The molecule has 0 saturated heterocycles. The number of carboxylic acid groups (broad SMARTS) is 2. The maximum Gasteiger partial charge on any atom is 0.326 e. The third-order valence-corrected chi connectivity index (χ3v) is 6.49. The Morgan fingerprint density at radius 3 is 1.74 bits per heavy atom. The van der Waals surface area contributed by atoms with Crippen molar-refractivity contribution in [1.29, 1.82) is 0 Å². The minimum absolute atomic E-state index is 0.000457. The van der Waals surface area contributed by atoms with Crippen LogP contribution in [0.3, 0.4) is 0 Å². The minimum Gasteiger partial charge on any atom is -0.508 e. The number of hydrogen-bond donors (Lipinski definition) is 8. The Hall–Kier alpha value is -4.49. The molecule has 13 nitrogen and oxygen atoms in total. The molecule has 2 rings (SSSR count). The highest BCUT2D eigenvalue weighted by molar-refractivity contribution is 5.94. The fourth-order valence-electron chi connectivity index (χ4n) is 4.12. The first-order chi connectivity index (χ1) is 20.0. The molecule has 3 amide bonds. The summed E-state index contributed by atoms with van der Waals surface area (Å²) in [7, 11) is 0. The number of benzene rings is 2. The Kier molecular flexibility index (Phi) is 13.9. The number of amides is 3. The second-order valence-electron chi connectivity index (χ2n) is 9.91. The van der Waals surface area contributed by atoms with Crippen LogP contribution in [0.1, 0.15) is 43.2 Å². The molecule has 0 aliphatic rings. The van der Waals surface area contributed by atoms with Gasteiger partial charge in [-0.3, -0.25) is 19.2 Å². The molecule has 2 aromatic carbocycles. The van der Waals surface area contributed by atoms with Crippen molar-refractivity contribution in [3.8, 4) is 5.75 Å². The van der Waals surface area contributed by atoms with E-state index >= 15 is 0 Å². The van der Waals surface area contributed by atoms with Crippen molar-refractivity contribution in [1.82, 2.24) is 16.0 Å². The summed E-state index contributed by atoms with van der Waals surface area (Å²) in [5.74, 6) is -4.58. The SMILES string of the molecule is NCCCCC(NC(=O)C(Cc1ccc(O)cc1)NC(=O)C(Cc1ccccc1)NC(=O)C(N)CCC(=O)O)C(=O)O. The molecule has 4 atom stereocenters. The number of rotatable bonds is 18. The lowest BCUT2D eigenvalue weighted by Crippen LogP contribution is -2.58. The molecule has 2 aromatic rings. The van der Waals surface area contributed by atoms with Crippen LogP contribution in [0.5, 0.6) is 5.75 Å². The Morgan fingerprint density at radius 2 is 1.21 bits per heavy atom. The van der Waals surface area contributed by atoms with Gasteiger partial charge in [-0.15, -0.1) is 0 Å². The Labute approximate surface area is 243 Å². The van der Waals surface area contributed by atoms with Crippen molar-refractivity contribution >= 4 is 29.7 Å². The van der Waals surface area contributed by atoms with E-state index in [1.54, 1.807) is 42.5 Å². The Bertz CT molecular complexity index is 1190. The number of aromatic hydroxyl groups is 1. The summed E-state index contributed by atoms with van der Waals surface area (Å²) in [4.78, 5) is 62.3. The van der Waals surface area contributed by atoms with Gasteiger partial charge in [0.1, 0.15) is 23.9 Å². The molecule has 10 N–H and O–H groups in total. The van der Waals surface area contributed by atoms with Gasteiger partial charge >= 0.3 is 11.9 Å². The molecule has 0 saturated carbocycles. The number of hydrogen-bond acceptors (Lipinski definition) is 8. The number of phenols is 1. The van der Waals surface area contributed by atoms with Crippen LogP contribution in [0.15, 0.2) is 54.6 Å². The number of carbonyl (C=O) groups excluding carboxylic acids is 3. The third-order valence-electron chi connectivity index (χ3n) is 6.49. The molecule has 0 aliphatic carbocycles. The molecule has 0 heterocycles. The zero-order valence-electron chi connectivity index (χ0n) is 23.2. The molecular weight excluding hydrogens is 546 g/mol. The van der Waals surface area contributed by atoms with Crippen molar-refractivity contribution in [2.75, 3.05) is 6.54 Å². The molecule has 0 spiro atoms. The Balaban J connectivity index is 2.29. The second kappa shape index (κ2) is 17.4. The molecular formula is C29H39N5O8. The van der Waals surface area contributed by atoms with Crippen molar-refractivity contribution in [2.45, 2.75) is 69.1 Å². The topological polar surface area (TPSA) is 234 Å². The van der Waals surface area contributed by atoms with Crippen molar-refractivity contribution < 1.29 is 39.3 Å². The van der Waals surface area contributed by atoms with Crippen LogP contribution in [0.4, 0.5) is 0 Å². The van der Waals surface area contributed by atoms with Crippen LogP contribution in [0.25, 0.3) is 0 Å². The number of carbonyl (C=O) groups is 5. The van der Waals surface area contributed by atoms with E-state index in [1.807, 2.05) is 0 Å². The molecule has 4 unspecified atom stereocenters. The van der Waals surface area contributed by atoms with Gasteiger partial charge in [0.2, 0.25) is 17.7 Å². The molecule has 0 radical (unpaired) electrons. The molecule has 0 bridgehead atoms. The van der Waals surface area contributed by atoms with Crippen molar-refractivity contribution in [2.24, 2.45) is 11.5 Å². The van der Waals surface area contributed by atoms with E-state index in [2.05, 4.69) is 16.0 Å². The summed E-state index contributed by atoms with van der Waals surface area (Å²) >= 11 is 0. The number of aliphatic carboxylic acids is 2. The maximum atomic E-state index is 13.6. The third kappa shape index (κ3) is 11.9. The minimum atomic E-state index is -1.24. The van der Waals surface area contributed by atoms with Gasteiger partial charge in [0.25, 0.3) is 0 Å². The van der Waals surface area contributed by atoms with E-state index in [0.29, 0.717) is 30.5 Å². The van der Waals surface area contributed by atoms with Crippen molar-refractivity contribution in [3.63, 3.8) is 0 Å². The van der Waals surface area contributed by atoms with Gasteiger partial charge in [-0.05, 0) is 55.5 Å². The first kappa shape index (κ1) is 33.7. The van der Waals surface area contributed by atoms with Crippen LogP contribution in [0.2, 0.25) is 0 Å². The molecule has 13 heteroatoms. The van der Waals surface area contributed by atoms with Gasteiger partial charge in [-0.25, -0.2) is 4.79 Å². The summed E-state index contributed by atoms with van der Waals surface area (Å²) in [6.07, 6.45) is 0.686. The molecule has 228 valence electrons. The predicted molar refractivity (Wildman–Crippen MR) is 153 cm³/mol. The molecule has 0 aliphatic heterocycles. The van der Waals surface area contributed by atoms with E-state index in [4.69, 9.17) is 16.6 Å². The van der Waals surface area contributed by atoms with Gasteiger partial charge in [-0.1, -0.05) is 42.5 Å². The summed E-state index contributed by atoms with van der Waals surface area (Å²) < 4.78 is 0. The van der Waals surface area contributed by atoms with Crippen LogP contribution in [-0.2, 0) is 36.8 Å². The first-order valence-electron chi connectivity index (χ1n) is 13.6. The lowest BCUT2D eigenvalue weighted by Gasteiger charge is -2.25. The lowest BCUT2D eigenvalue weighted by molar-refractivity contribution is -0.142. The zero-order valence-corrected chi connectivity index (χ0v) is 23.2. The second-order valence-corrected chi connectivity index (χ2v) is 9.91. The monoisotopic (exact) mass is 585 g/mol. The fraction of sp³-hybridized carbons (Fsp3) is 0.414. The molecule has 0 aromatic heterocycles. The van der Waals surface area contributed by atoms with Gasteiger partial charge in [0.15, 0.2) is 0 Å². The van der Waals surface area contributed by atoms with E-state index in [0.717, 1.165) is 0 Å². The number of nitrogens with one attached hydrogen (secondary N) is 3. The average Bonchev–Trinajstić information content (AvgIpc) is 2.96. The smallest absolute Gasteiger partial charge is 0.326 e. The number of phenolic OH excluding ortho intramolecular Hbond substituents is 1. The average molecular weight is 586 g/mol. The highest BCUT2D eigenvalue weighted by atomic mass is 16.4. The fourth-order valence-corrected chi connectivity index (χ4v) is 4.12. The molecule has 42 heavy (non-hydrogen) atoms. The summed E-state index contributed by atoms with van der Waals surface area (Å²) in [6, 6.07) is 9.89. The summed E-state index contributed by atoms with van der Waals surface area (Å²) in [5.41, 5.74) is 12.6. The van der Waals surface area contributed by atoms with Crippen molar-refractivity contribution in [3.05, 3.63) is 65.7 Å². The summed E-state index contributed by atoms with van der Waals surface area (Å²) in [6.45, 7) is 0.369. The Morgan fingerprint density at radius 1 is 0.690 bits per heavy atom. The largest absolute Gasteiger partial charge is 0.508 e. The maximum absolute atomic E-state index is 13.6. The van der Waals surface area contributed by atoms with Crippen LogP contribution in [-0.4, -0.2) is 75.7 Å². The van der Waals surface area contributed by atoms with E-state index in [9.17, 15) is 34.2 Å². The zero-order chi connectivity index (χ0) is 31.1. The highest BCUT2D eigenvalue weighted by Crippen LogP contribution is 2.13. The van der Waals surface area contributed by atoms with Gasteiger partial charge in [-0.2, -0.15) is 0 Å². The van der Waals surface area contributed by atoms with Gasteiger partial charge < -0.3 is 42.7 Å². The van der Waals surface area contributed by atoms with Crippen LogP contribution in [0, 0.1) is 0 Å². The summed E-state index contributed by atoms with van der Waals surface area (Å²) in [5, 5.41) is 35.8. The first-order valence-corrected chi connectivity index (χ1v) is 13.6. The van der Waals surface area contributed by atoms with E-state index < -0.39 is 53.8 Å². The van der Waals surface area contributed by atoms with Gasteiger partial charge in [0, 0.05) is 19.3 Å². The highest BCUT2D eigenvalue weighted by Gasteiger charge is 2.30. The number of carboxylic acids is 2. The van der Waals surface area contributed by atoms with Gasteiger partial charge in [0.05, 0.1) is 6.04 Å². The number of nitrogens with two attached hydrogens (primary N) is 2.